The lowest BCUT2D eigenvalue weighted by Crippen LogP contribution is -2.43. The number of hydrogen-bond donors (Lipinski definition) is 0. The predicted octanol–water partition coefficient (Wildman–Crippen LogP) is 2.97. The van der Waals surface area contributed by atoms with Gasteiger partial charge in [-0.05, 0) is 49.2 Å². The molecule has 0 unspecified atom stereocenters. The molecule has 0 bridgehead atoms. The SMILES string of the molecule is CCOC(=O)[C@H](C)N1C(=O)C(=O)c2cc(-c3ccc(F)cc3)ccc21. The zero-order chi connectivity index (χ0) is 18.1. The number of ether oxygens (including phenoxy) is 1. The number of rotatable bonds is 4. The molecule has 1 aliphatic rings. The second kappa shape index (κ2) is 6.47. The minimum absolute atomic E-state index is 0.190. The summed E-state index contributed by atoms with van der Waals surface area (Å²) >= 11 is 0. The van der Waals surface area contributed by atoms with E-state index < -0.39 is 23.7 Å². The summed E-state index contributed by atoms with van der Waals surface area (Å²) in [6, 6.07) is 9.87. The van der Waals surface area contributed by atoms with E-state index >= 15 is 0 Å². The number of carbonyl (C=O) groups excluding carboxylic acids is 3. The third-order valence-corrected chi connectivity index (χ3v) is 4.11. The third kappa shape index (κ3) is 2.91. The van der Waals surface area contributed by atoms with Crippen molar-refractivity contribution < 1.29 is 23.5 Å². The second-order valence-electron chi connectivity index (χ2n) is 5.67. The van der Waals surface area contributed by atoms with Gasteiger partial charge in [-0.25, -0.2) is 9.18 Å². The minimum atomic E-state index is -0.894. The highest BCUT2D eigenvalue weighted by atomic mass is 19.1. The number of amides is 1. The molecule has 6 heteroatoms. The molecule has 0 N–H and O–H groups in total. The Hall–Kier alpha value is -3.02. The summed E-state index contributed by atoms with van der Waals surface area (Å²) in [5, 5.41) is 0. The van der Waals surface area contributed by atoms with E-state index in [-0.39, 0.29) is 18.0 Å². The minimum Gasteiger partial charge on any atom is -0.464 e. The van der Waals surface area contributed by atoms with E-state index in [0.717, 1.165) is 10.5 Å². The molecule has 0 saturated carbocycles. The highest BCUT2D eigenvalue weighted by Crippen LogP contribution is 2.34. The molecule has 0 radical (unpaired) electrons. The topological polar surface area (TPSA) is 63.7 Å². The Morgan fingerprint density at radius 2 is 1.76 bits per heavy atom. The van der Waals surface area contributed by atoms with Crippen molar-refractivity contribution in [2.75, 3.05) is 11.5 Å². The van der Waals surface area contributed by atoms with Gasteiger partial charge in [0.05, 0.1) is 17.9 Å². The molecule has 1 aliphatic heterocycles. The predicted molar refractivity (Wildman–Crippen MR) is 89.7 cm³/mol. The lowest BCUT2D eigenvalue weighted by atomic mass is 10.0. The zero-order valence-corrected chi connectivity index (χ0v) is 13.8. The molecule has 128 valence electrons. The molecule has 2 aromatic rings. The van der Waals surface area contributed by atoms with Gasteiger partial charge in [0.1, 0.15) is 11.9 Å². The van der Waals surface area contributed by atoms with Crippen LogP contribution >= 0.6 is 0 Å². The van der Waals surface area contributed by atoms with Gasteiger partial charge < -0.3 is 4.74 Å². The molecule has 0 spiro atoms. The van der Waals surface area contributed by atoms with Crippen LogP contribution in [0, 0.1) is 5.82 Å². The van der Waals surface area contributed by atoms with Gasteiger partial charge in [-0.15, -0.1) is 0 Å². The van der Waals surface area contributed by atoms with Crippen LogP contribution in [-0.2, 0) is 14.3 Å². The Balaban J connectivity index is 2.00. The normalized spacial score (nSPS) is 14.4. The second-order valence-corrected chi connectivity index (χ2v) is 5.67. The number of ketones is 1. The Kier molecular flexibility index (Phi) is 4.35. The summed E-state index contributed by atoms with van der Waals surface area (Å²) in [6.07, 6.45) is 0. The number of hydrogen-bond acceptors (Lipinski definition) is 4. The van der Waals surface area contributed by atoms with Crippen molar-refractivity contribution in [3.63, 3.8) is 0 Å². The van der Waals surface area contributed by atoms with E-state index in [1.807, 2.05) is 0 Å². The summed E-state index contributed by atoms with van der Waals surface area (Å²) in [4.78, 5) is 37.8. The number of benzene rings is 2. The first kappa shape index (κ1) is 16.8. The number of halogens is 1. The van der Waals surface area contributed by atoms with Gasteiger partial charge in [0.2, 0.25) is 0 Å². The van der Waals surface area contributed by atoms with Crippen LogP contribution in [0.1, 0.15) is 24.2 Å². The third-order valence-electron chi connectivity index (χ3n) is 4.11. The summed E-state index contributed by atoms with van der Waals surface area (Å²) in [6.45, 7) is 3.38. The van der Waals surface area contributed by atoms with Crippen LogP contribution in [0.15, 0.2) is 42.5 Å². The monoisotopic (exact) mass is 341 g/mol. The molecule has 3 rings (SSSR count). The van der Waals surface area contributed by atoms with E-state index in [2.05, 4.69) is 0 Å². The van der Waals surface area contributed by atoms with Crippen molar-refractivity contribution in [3.05, 3.63) is 53.8 Å². The standard InChI is InChI=1S/C19H16FNO4/c1-3-25-19(24)11(2)21-16-9-6-13(10-15(16)17(22)18(21)23)12-4-7-14(20)8-5-12/h4-11H,3H2,1-2H3/t11-/m0/s1. The van der Waals surface area contributed by atoms with E-state index in [1.54, 1.807) is 37.3 Å². The maximum atomic E-state index is 13.1. The van der Waals surface area contributed by atoms with Crippen molar-refractivity contribution >= 4 is 23.3 Å². The van der Waals surface area contributed by atoms with E-state index in [9.17, 15) is 18.8 Å². The highest BCUT2D eigenvalue weighted by Gasteiger charge is 2.41. The van der Waals surface area contributed by atoms with Gasteiger partial charge >= 0.3 is 5.97 Å². The maximum Gasteiger partial charge on any atom is 0.328 e. The van der Waals surface area contributed by atoms with Crippen LogP contribution in [0.5, 0.6) is 0 Å². The van der Waals surface area contributed by atoms with Crippen LogP contribution < -0.4 is 4.90 Å². The number of anilines is 1. The van der Waals surface area contributed by atoms with Gasteiger partial charge in [-0.2, -0.15) is 0 Å². The molecule has 1 heterocycles. The molecule has 5 nitrogen and oxygen atoms in total. The summed E-state index contributed by atoms with van der Waals surface area (Å²) in [7, 11) is 0. The van der Waals surface area contributed by atoms with Crippen LogP contribution in [0.4, 0.5) is 10.1 Å². The Labute approximate surface area is 144 Å². The fraction of sp³-hybridized carbons (Fsp3) is 0.211. The highest BCUT2D eigenvalue weighted by molar-refractivity contribution is 6.52. The summed E-state index contributed by atoms with van der Waals surface area (Å²) < 4.78 is 18.0. The summed E-state index contributed by atoms with van der Waals surface area (Å²) in [5.41, 5.74) is 2.01. The largest absolute Gasteiger partial charge is 0.464 e. The van der Waals surface area contributed by atoms with Gasteiger partial charge in [0, 0.05) is 0 Å². The van der Waals surface area contributed by atoms with E-state index in [4.69, 9.17) is 4.74 Å². The Morgan fingerprint density at radius 1 is 1.12 bits per heavy atom. The summed E-state index contributed by atoms with van der Waals surface area (Å²) in [5.74, 6) is -2.35. The van der Waals surface area contributed by atoms with Gasteiger partial charge in [-0.1, -0.05) is 18.2 Å². The molecule has 0 aliphatic carbocycles. The number of Topliss-reactive ketones (excluding diaryl/α,β-unsaturated/α-hetero) is 1. The van der Waals surface area contributed by atoms with Crippen molar-refractivity contribution in [1.29, 1.82) is 0 Å². The molecular weight excluding hydrogens is 325 g/mol. The van der Waals surface area contributed by atoms with Crippen LogP contribution in [0.3, 0.4) is 0 Å². The average Bonchev–Trinajstić information content (AvgIpc) is 2.86. The van der Waals surface area contributed by atoms with Gasteiger partial charge in [-0.3, -0.25) is 14.5 Å². The molecule has 0 fully saturated rings. The average molecular weight is 341 g/mol. The fourth-order valence-electron chi connectivity index (χ4n) is 2.84. The van der Waals surface area contributed by atoms with Gasteiger partial charge in [0.15, 0.2) is 0 Å². The zero-order valence-electron chi connectivity index (χ0n) is 13.8. The lowest BCUT2D eigenvalue weighted by Gasteiger charge is -2.22. The van der Waals surface area contributed by atoms with Gasteiger partial charge in [0.25, 0.3) is 11.7 Å². The molecule has 1 atom stereocenters. The van der Waals surface area contributed by atoms with Crippen LogP contribution in [0.25, 0.3) is 11.1 Å². The fourth-order valence-corrected chi connectivity index (χ4v) is 2.84. The molecule has 25 heavy (non-hydrogen) atoms. The van der Waals surface area contributed by atoms with Crippen molar-refractivity contribution in [2.24, 2.45) is 0 Å². The van der Waals surface area contributed by atoms with E-state index in [1.165, 1.54) is 19.1 Å². The quantitative estimate of drug-likeness (QED) is 0.633. The first-order valence-corrected chi connectivity index (χ1v) is 7.88. The Bertz CT molecular complexity index is 860. The molecule has 0 saturated heterocycles. The number of esters is 1. The molecule has 2 aromatic carbocycles. The van der Waals surface area contributed by atoms with Crippen LogP contribution in [-0.4, -0.2) is 30.3 Å². The van der Waals surface area contributed by atoms with Crippen molar-refractivity contribution in [3.8, 4) is 11.1 Å². The molecular formula is C19H16FNO4. The lowest BCUT2D eigenvalue weighted by molar-refractivity contribution is -0.145. The molecule has 0 aromatic heterocycles. The number of fused-ring (bicyclic) bond motifs is 1. The first-order valence-electron chi connectivity index (χ1n) is 7.88. The number of nitrogens with zero attached hydrogens (tertiary/aromatic N) is 1. The Morgan fingerprint density at radius 3 is 2.40 bits per heavy atom. The number of carbonyl (C=O) groups is 3. The molecule has 1 amide bonds. The first-order chi connectivity index (χ1) is 11.9. The van der Waals surface area contributed by atoms with Crippen LogP contribution in [0.2, 0.25) is 0 Å². The smallest absolute Gasteiger partial charge is 0.328 e. The van der Waals surface area contributed by atoms with E-state index in [0.29, 0.717) is 11.3 Å². The van der Waals surface area contributed by atoms with Crippen molar-refractivity contribution in [1.82, 2.24) is 0 Å². The maximum absolute atomic E-state index is 13.1. The van der Waals surface area contributed by atoms with Crippen molar-refractivity contribution in [2.45, 2.75) is 19.9 Å².